The second-order valence-corrected chi connectivity index (χ2v) is 7.03. The second-order valence-electron chi connectivity index (χ2n) is 7.03. The molecule has 1 aliphatic rings. The summed E-state index contributed by atoms with van der Waals surface area (Å²) < 4.78 is 1.94. The molecule has 24 heavy (non-hydrogen) atoms. The van der Waals surface area contributed by atoms with Gasteiger partial charge in [-0.3, -0.25) is 9.48 Å². The number of carbonyl (C=O) groups is 1. The van der Waals surface area contributed by atoms with Gasteiger partial charge in [-0.2, -0.15) is 5.10 Å². The van der Waals surface area contributed by atoms with Crippen LogP contribution in [0.5, 0.6) is 0 Å². The molecule has 1 unspecified atom stereocenters. The Labute approximate surface area is 152 Å². The molecule has 1 aromatic rings. The highest BCUT2D eigenvalue weighted by molar-refractivity contribution is 5.92. The van der Waals surface area contributed by atoms with E-state index in [2.05, 4.69) is 29.6 Å². The number of amides is 1. The third-order valence-electron chi connectivity index (χ3n) is 4.48. The van der Waals surface area contributed by atoms with Crippen molar-refractivity contribution in [1.82, 2.24) is 20.4 Å². The second kappa shape index (κ2) is 11.5. The van der Waals surface area contributed by atoms with E-state index in [1.54, 1.807) is 0 Å². The molecule has 1 fully saturated rings. The number of carbonyl (C=O) groups excluding carboxylic acids is 1. The largest absolute Gasteiger partial charge is 0.351 e. The molecule has 6 heteroatoms. The lowest BCUT2D eigenvalue weighted by Gasteiger charge is -2.22. The minimum atomic E-state index is -0.0466. The van der Waals surface area contributed by atoms with Crippen LogP contribution in [0.4, 0.5) is 0 Å². The van der Waals surface area contributed by atoms with Crippen molar-refractivity contribution in [2.45, 2.75) is 64.8 Å². The summed E-state index contributed by atoms with van der Waals surface area (Å²) in [5.41, 5.74) is 0.537. The fraction of sp³-hybridized carbons (Fsp3) is 0.778. The Morgan fingerprint density at radius 3 is 2.88 bits per heavy atom. The number of unbranched alkanes of at least 4 members (excludes halogenated alkanes) is 3. The van der Waals surface area contributed by atoms with Crippen molar-refractivity contribution in [3.05, 3.63) is 18.0 Å². The number of piperidine rings is 1. The predicted molar refractivity (Wildman–Crippen MR) is 101 cm³/mol. The smallest absolute Gasteiger partial charge is 0.271 e. The van der Waals surface area contributed by atoms with Crippen LogP contribution in [0.1, 0.15) is 75.3 Å². The highest BCUT2D eigenvalue weighted by Crippen LogP contribution is 2.15. The van der Waals surface area contributed by atoms with E-state index in [4.69, 9.17) is 0 Å². The Bertz CT molecular complexity index is 469. The molecule has 0 bridgehead atoms. The zero-order valence-corrected chi connectivity index (χ0v) is 15.9. The summed E-state index contributed by atoms with van der Waals surface area (Å²) in [5, 5.41) is 10.8. The zero-order valence-electron chi connectivity index (χ0n) is 15.1. The normalized spacial score (nSPS) is 17.5. The number of hydrogen-bond donors (Lipinski definition) is 2. The van der Waals surface area contributed by atoms with Crippen LogP contribution in [-0.2, 0) is 0 Å². The zero-order chi connectivity index (χ0) is 16.5. The number of nitrogens with zero attached hydrogens (tertiary/aromatic N) is 2. The van der Waals surface area contributed by atoms with Crippen molar-refractivity contribution >= 4 is 18.3 Å². The molecule has 0 saturated carbocycles. The Balaban J connectivity index is 0.00000288. The number of aromatic nitrogens is 2. The summed E-state index contributed by atoms with van der Waals surface area (Å²) in [7, 11) is 0. The molecular formula is C18H33ClN4O. The molecule has 1 aromatic heterocycles. The summed E-state index contributed by atoms with van der Waals surface area (Å²) in [6, 6.07) is 2.21. The molecule has 2 heterocycles. The maximum Gasteiger partial charge on any atom is 0.271 e. The summed E-state index contributed by atoms with van der Waals surface area (Å²) >= 11 is 0. The summed E-state index contributed by atoms with van der Waals surface area (Å²) in [4.78, 5) is 12.1. The lowest BCUT2D eigenvalue weighted by Crippen LogP contribution is -2.32. The molecule has 2 rings (SSSR count). The molecule has 2 N–H and O–H groups in total. The van der Waals surface area contributed by atoms with Gasteiger partial charge >= 0.3 is 0 Å². The van der Waals surface area contributed by atoms with Crippen LogP contribution in [0.2, 0.25) is 0 Å². The quantitative estimate of drug-likeness (QED) is 0.665. The van der Waals surface area contributed by atoms with Gasteiger partial charge in [0.25, 0.3) is 5.91 Å². The molecule has 138 valence electrons. The number of nitrogens with one attached hydrogen (secondary N) is 2. The average Bonchev–Trinajstić information content (AvgIpc) is 3.04. The molecule has 1 aliphatic heterocycles. The highest BCUT2D eigenvalue weighted by Gasteiger charge is 2.17. The first kappa shape index (κ1) is 21.0. The minimum absolute atomic E-state index is 0. The third-order valence-corrected chi connectivity index (χ3v) is 4.48. The van der Waals surface area contributed by atoms with Crippen molar-refractivity contribution in [2.75, 3.05) is 19.6 Å². The molecule has 0 radical (unpaired) electrons. The monoisotopic (exact) mass is 356 g/mol. The molecule has 1 atom stereocenters. The van der Waals surface area contributed by atoms with Crippen LogP contribution >= 0.6 is 12.4 Å². The summed E-state index contributed by atoms with van der Waals surface area (Å²) in [6.07, 6.45) is 10.3. The van der Waals surface area contributed by atoms with Crippen LogP contribution in [0.25, 0.3) is 0 Å². The van der Waals surface area contributed by atoms with Crippen molar-refractivity contribution in [1.29, 1.82) is 0 Å². The molecule has 0 aromatic carbocycles. The lowest BCUT2D eigenvalue weighted by molar-refractivity contribution is 0.0946. The van der Waals surface area contributed by atoms with Crippen LogP contribution in [0.15, 0.2) is 12.3 Å². The first-order chi connectivity index (χ1) is 11.2. The van der Waals surface area contributed by atoms with E-state index in [1.165, 1.54) is 32.1 Å². The van der Waals surface area contributed by atoms with Crippen LogP contribution < -0.4 is 10.6 Å². The molecule has 5 nitrogen and oxygen atoms in total. The van der Waals surface area contributed by atoms with Crippen LogP contribution in [0.3, 0.4) is 0 Å². The van der Waals surface area contributed by atoms with E-state index in [1.807, 2.05) is 16.9 Å². The number of halogens is 1. The van der Waals surface area contributed by atoms with Crippen molar-refractivity contribution < 1.29 is 4.79 Å². The summed E-state index contributed by atoms with van der Waals surface area (Å²) in [6.45, 7) is 7.31. The van der Waals surface area contributed by atoms with E-state index >= 15 is 0 Å². The molecule has 1 amide bonds. The third kappa shape index (κ3) is 7.22. The molecule has 1 saturated heterocycles. The standard InChI is InChI=1S/C18H32N4O.ClH/c1-15(2)8-5-3-4-6-12-20-18(23)17-10-13-22(21-17)16-9-7-11-19-14-16;/h10,13,15-16,19H,3-9,11-12,14H2,1-2H3,(H,20,23);1H. The van der Waals surface area contributed by atoms with Gasteiger partial charge in [-0.05, 0) is 37.8 Å². The minimum Gasteiger partial charge on any atom is -0.351 e. The topological polar surface area (TPSA) is 59.0 Å². The van der Waals surface area contributed by atoms with E-state index in [9.17, 15) is 4.79 Å². The Morgan fingerprint density at radius 1 is 1.38 bits per heavy atom. The molecule has 0 aliphatic carbocycles. The van der Waals surface area contributed by atoms with E-state index < -0.39 is 0 Å². The maximum atomic E-state index is 12.1. The van der Waals surface area contributed by atoms with Gasteiger partial charge < -0.3 is 10.6 Å². The van der Waals surface area contributed by atoms with Crippen LogP contribution in [0, 0.1) is 5.92 Å². The van der Waals surface area contributed by atoms with Gasteiger partial charge in [0.2, 0.25) is 0 Å². The van der Waals surface area contributed by atoms with Gasteiger partial charge in [-0.15, -0.1) is 12.4 Å². The summed E-state index contributed by atoms with van der Waals surface area (Å²) in [5.74, 6) is 0.749. The highest BCUT2D eigenvalue weighted by atomic mass is 35.5. The number of hydrogen-bond acceptors (Lipinski definition) is 3. The average molecular weight is 357 g/mol. The van der Waals surface area contributed by atoms with E-state index in [0.717, 1.165) is 38.4 Å². The van der Waals surface area contributed by atoms with Gasteiger partial charge in [-0.25, -0.2) is 0 Å². The lowest BCUT2D eigenvalue weighted by atomic mass is 10.0. The van der Waals surface area contributed by atoms with E-state index in [0.29, 0.717) is 11.7 Å². The first-order valence-corrected chi connectivity index (χ1v) is 9.21. The Morgan fingerprint density at radius 2 is 2.17 bits per heavy atom. The van der Waals surface area contributed by atoms with Crippen molar-refractivity contribution in [2.24, 2.45) is 5.92 Å². The van der Waals surface area contributed by atoms with E-state index in [-0.39, 0.29) is 18.3 Å². The van der Waals surface area contributed by atoms with Gasteiger partial charge in [0.1, 0.15) is 5.69 Å². The fourth-order valence-corrected chi connectivity index (χ4v) is 3.05. The van der Waals surface area contributed by atoms with Crippen LogP contribution in [-0.4, -0.2) is 35.3 Å². The van der Waals surface area contributed by atoms with Gasteiger partial charge in [0.05, 0.1) is 6.04 Å². The van der Waals surface area contributed by atoms with Gasteiger partial charge in [0, 0.05) is 19.3 Å². The fourth-order valence-electron chi connectivity index (χ4n) is 3.05. The SMILES string of the molecule is CC(C)CCCCCCNC(=O)c1ccn(C2CCCNC2)n1.Cl. The Kier molecular flexibility index (Phi) is 10.0. The van der Waals surface area contributed by atoms with Gasteiger partial charge in [-0.1, -0.05) is 39.5 Å². The predicted octanol–water partition coefficient (Wildman–Crippen LogP) is 3.57. The molecule has 0 spiro atoms. The van der Waals surface area contributed by atoms with Gasteiger partial charge in [0.15, 0.2) is 0 Å². The first-order valence-electron chi connectivity index (χ1n) is 9.21. The molecular weight excluding hydrogens is 324 g/mol. The van der Waals surface area contributed by atoms with Crippen molar-refractivity contribution in [3.8, 4) is 0 Å². The number of rotatable bonds is 9. The Hall–Kier alpha value is -1.07. The maximum absolute atomic E-state index is 12.1. The van der Waals surface area contributed by atoms with Crippen molar-refractivity contribution in [3.63, 3.8) is 0 Å².